The Labute approximate surface area is 151 Å². The van der Waals surface area contributed by atoms with E-state index in [4.69, 9.17) is 4.74 Å². The van der Waals surface area contributed by atoms with Crippen LogP contribution in [0.3, 0.4) is 0 Å². The number of aromatic nitrogens is 1. The van der Waals surface area contributed by atoms with Crippen LogP contribution in [0.2, 0.25) is 0 Å². The van der Waals surface area contributed by atoms with E-state index >= 15 is 0 Å². The molecule has 3 heterocycles. The third-order valence-corrected chi connectivity index (χ3v) is 5.88. The average Bonchev–Trinajstić information content (AvgIpc) is 3.16. The highest BCUT2D eigenvalue weighted by Gasteiger charge is 2.31. The lowest BCUT2D eigenvalue weighted by molar-refractivity contribution is -0.138. The van der Waals surface area contributed by atoms with Gasteiger partial charge in [-0.25, -0.2) is 22.5 Å². The standard InChI is InChI=1S/C15H20N4O4S2/c1-2-23-15(20)11-9-17-13(14-16-5-8-24-14)18-12(11)10-3-6-19(7-4-10)25(21)22/h5,8,10,25H,2-4,6-7,9H2,1H3,(H,17,18). The summed E-state index contributed by atoms with van der Waals surface area (Å²) < 4.78 is 28.9. The molecule has 1 fully saturated rings. The van der Waals surface area contributed by atoms with E-state index in [0.29, 0.717) is 43.9 Å². The molecular weight excluding hydrogens is 364 g/mol. The molecule has 0 amide bonds. The highest BCUT2D eigenvalue weighted by molar-refractivity contribution is 7.69. The Kier molecular flexibility index (Phi) is 5.82. The van der Waals surface area contributed by atoms with Crippen LogP contribution in [0.5, 0.6) is 0 Å². The Morgan fingerprint density at radius 2 is 2.20 bits per heavy atom. The summed E-state index contributed by atoms with van der Waals surface area (Å²) >= 11 is 1.47. The van der Waals surface area contributed by atoms with E-state index in [2.05, 4.69) is 15.3 Å². The van der Waals surface area contributed by atoms with Crippen molar-refractivity contribution in [2.75, 3.05) is 26.2 Å². The molecule has 0 saturated carbocycles. The number of amidine groups is 1. The van der Waals surface area contributed by atoms with Crippen LogP contribution in [0.15, 0.2) is 27.8 Å². The van der Waals surface area contributed by atoms with Gasteiger partial charge in [0.05, 0.1) is 18.7 Å². The fourth-order valence-corrected chi connectivity index (χ4v) is 4.16. The average molecular weight is 384 g/mol. The van der Waals surface area contributed by atoms with Crippen molar-refractivity contribution in [3.05, 3.63) is 27.9 Å². The lowest BCUT2D eigenvalue weighted by atomic mass is 9.90. The van der Waals surface area contributed by atoms with Gasteiger partial charge in [0.15, 0.2) is 10.8 Å². The van der Waals surface area contributed by atoms with Gasteiger partial charge in [0, 0.05) is 36.3 Å². The Morgan fingerprint density at radius 1 is 1.44 bits per heavy atom. The predicted octanol–water partition coefficient (Wildman–Crippen LogP) is 0.548. The molecule has 136 valence electrons. The van der Waals surface area contributed by atoms with Crippen molar-refractivity contribution in [3.8, 4) is 0 Å². The lowest BCUT2D eigenvalue weighted by Crippen LogP contribution is -2.40. The number of carbonyl (C=O) groups excluding carboxylic acids is 1. The maximum Gasteiger partial charge on any atom is 0.337 e. The third kappa shape index (κ3) is 4.07. The van der Waals surface area contributed by atoms with E-state index in [9.17, 15) is 13.2 Å². The number of esters is 1. The molecule has 2 aliphatic rings. The van der Waals surface area contributed by atoms with E-state index in [1.807, 2.05) is 5.38 Å². The topological polar surface area (TPSA) is 101 Å². The molecule has 10 heteroatoms. The molecule has 1 aromatic heterocycles. The molecule has 2 aliphatic heterocycles. The maximum atomic E-state index is 12.3. The first kappa shape index (κ1) is 18.0. The number of nitrogens with one attached hydrogen (secondary N) is 1. The molecule has 0 radical (unpaired) electrons. The van der Waals surface area contributed by atoms with Gasteiger partial charge in [-0.3, -0.25) is 4.99 Å². The van der Waals surface area contributed by atoms with Gasteiger partial charge in [0.25, 0.3) is 0 Å². The van der Waals surface area contributed by atoms with Crippen molar-refractivity contribution >= 4 is 34.0 Å². The SMILES string of the molecule is CCOC(=O)C1=C(C2CCN([SH](=O)=O)CC2)NC(c2nccs2)=NC1. The van der Waals surface area contributed by atoms with Crippen molar-refractivity contribution in [1.82, 2.24) is 14.6 Å². The summed E-state index contributed by atoms with van der Waals surface area (Å²) in [6, 6.07) is 0. The first-order valence-electron chi connectivity index (χ1n) is 8.11. The van der Waals surface area contributed by atoms with Gasteiger partial charge in [-0.05, 0) is 19.8 Å². The zero-order valence-electron chi connectivity index (χ0n) is 13.8. The van der Waals surface area contributed by atoms with Crippen LogP contribution >= 0.6 is 11.3 Å². The smallest absolute Gasteiger partial charge is 0.337 e. The van der Waals surface area contributed by atoms with Gasteiger partial charge in [-0.15, -0.1) is 11.3 Å². The monoisotopic (exact) mass is 384 g/mol. The molecule has 8 nitrogen and oxygen atoms in total. The van der Waals surface area contributed by atoms with Gasteiger partial charge < -0.3 is 10.1 Å². The minimum Gasteiger partial charge on any atom is -0.463 e. The van der Waals surface area contributed by atoms with Crippen LogP contribution in [-0.2, 0) is 20.4 Å². The third-order valence-electron chi connectivity index (χ3n) is 4.24. The number of thiol groups is 1. The number of aliphatic imine (C=N–C) groups is 1. The zero-order valence-corrected chi connectivity index (χ0v) is 15.5. The number of ether oxygens (including phenoxy) is 1. The molecule has 0 aliphatic carbocycles. The van der Waals surface area contributed by atoms with Crippen LogP contribution in [0.4, 0.5) is 0 Å². The van der Waals surface area contributed by atoms with Gasteiger partial charge >= 0.3 is 5.97 Å². The molecule has 3 rings (SSSR count). The largest absolute Gasteiger partial charge is 0.463 e. The molecule has 0 bridgehead atoms. The number of rotatable bonds is 5. The van der Waals surface area contributed by atoms with Crippen molar-refractivity contribution in [2.45, 2.75) is 19.8 Å². The lowest BCUT2D eigenvalue weighted by Gasteiger charge is -2.32. The zero-order chi connectivity index (χ0) is 17.8. The normalized spacial score (nSPS) is 19.7. The molecule has 25 heavy (non-hydrogen) atoms. The Balaban J connectivity index is 1.82. The van der Waals surface area contributed by atoms with Crippen molar-refractivity contribution < 1.29 is 17.9 Å². The highest BCUT2D eigenvalue weighted by atomic mass is 32.2. The Morgan fingerprint density at radius 3 is 2.80 bits per heavy atom. The van der Waals surface area contributed by atoms with Crippen LogP contribution in [-0.4, -0.2) is 55.8 Å². The number of piperidine rings is 1. The summed E-state index contributed by atoms with van der Waals surface area (Å²) in [7, 11) is -2.55. The summed E-state index contributed by atoms with van der Waals surface area (Å²) in [5.41, 5.74) is 1.31. The van der Waals surface area contributed by atoms with Crippen molar-refractivity contribution in [3.63, 3.8) is 0 Å². The van der Waals surface area contributed by atoms with E-state index < -0.39 is 10.9 Å². The molecule has 1 saturated heterocycles. The fourth-order valence-electron chi connectivity index (χ4n) is 3.01. The number of hydrogen-bond donors (Lipinski definition) is 2. The minimum atomic E-state index is -2.55. The number of hydrogen-bond acceptors (Lipinski definition) is 8. The van der Waals surface area contributed by atoms with Crippen LogP contribution in [0.25, 0.3) is 0 Å². The summed E-state index contributed by atoms with van der Waals surface area (Å²) in [4.78, 5) is 21.0. The second-order valence-corrected chi connectivity index (χ2v) is 7.64. The molecule has 0 unspecified atom stereocenters. The maximum absolute atomic E-state index is 12.3. The first-order valence-corrected chi connectivity index (χ1v) is 10.1. The van der Waals surface area contributed by atoms with Gasteiger partial charge in [-0.2, -0.15) is 0 Å². The van der Waals surface area contributed by atoms with Crippen molar-refractivity contribution in [2.24, 2.45) is 10.9 Å². The molecule has 0 aromatic carbocycles. The number of nitrogens with zero attached hydrogens (tertiary/aromatic N) is 3. The molecule has 1 aromatic rings. The molecule has 0 spiro atoms. The molecular formula is C15H20N4O4S2. The first-order chi connectivity index (χ1) is 12.1. The number of carbonyl (C=O) groups is 1. The van der Waals surface area contributed by atoms with Crippen LogP contribution < -0.4 is 5.32 Å². The van der Waals surface area contributed by atoms with E-state index in [0.717, 1.165) is 10.7 Å². The fraction of sp³-hybridized carbons (Fsp3) is 0.533. The van der Waals surface area contributed by atoms with Gasteiger partial charge in [0.1, 0.15) is 0 Å². The minimum absolute atomic E-state index is 0.0658. The van der Waals surface area contributed by atoms with E-state index in [1.165, 1.54) is 15.6 Å². The van der Waals surface area contributed by atoms with Crippen LogP contribution in [0, 0.1) is 5.92 Å². The Hall–Kier alpha value is -1.78. The van der Waals surface area contributed by atoms with E-state index in [-0.39, 0.29) is 18.4 Å². The second-order valence-electron chi connectivity index (χ2n) is 5.71. The summed E-state index contributed by atoms with van der Waals surface area (Å²) in [5.74, 6) is 0.343. The quantitative estimate of drug-likeness (QED) is 0.568. The summed E-state index contributed by atoms with van der Waals surface area (Å²) in [5, 5.41) is 5.90. The number of thiazole rings is 1. The Bertz CT molecular complexity index is 755. The number of allylic oxidation sites excluding steroid dienone is 1. The van der Waals surface area contributed by atoms with E-state index in [1.54, 1.807) is 13.1 Å². The predicted molar refractivity (Wildman–Crippen MR) is 94.9 cm³/mol. The molecule has 0 atom stereocenters. The van der Waals surface area contributed by atoms with Gasteiger partial charge in [-0.1, -0.05) is 0 Å². The second kappa shape index (κ2) is 8.07. The summed E-state index contributed by atoms with van der Waals surface area (Å²) in [6.07, 6.45) is 3.01. The van der Waals surface area contributed by atoms with Crippen molar-refractivity contribution in [1.29, 1.82) is 0 Å². The van der Waals surface area contributed by atoms with Crippen LogP contribution in [0.1, 0.15) is 24.8 Å². The highest BCUT2D eigenvalue weighted by Crippen LogP contribution is 2.28. The van der Waals surface area contributed by atoms with Gasteiger partial charge in [0.2, 0.25) is 10.9 Å². The summed E-state index contributed by atoms with van der Waals surface area (Å²) in [6.45, 7) is 3.21. The molecule has 1 N–H and O–H groups in total.